The second kappa shape index (κ2) is 7.17. The maximum atomic E-state index is 12.3. The highest BCUT2D eigenvalue weighted by Gasteiger charge is 2.24. The van der Waals surface area contributed by atoms with Gasteiger partial charge in [0.25, 0.3) is 5.91 Å². The number of carbonyl (C=O) groups excluding carboxylic acids is 1. The van der Waals surface area contributed by atoms with Gasteiger partial charge in [-0.15, -0.1) is 0 Å². The Morgan fingerprint density at radius 3 is 2.50 bits per heavy atom. The lowest BCUT2D eigenvalue weighted by molar-refractivity contribution is -0.136. The first-order valence-electron chi connectivity index (χ1n) is 7.48. The molecular weight excluding hydrogens is 252 g/mol. The molecule has 0 aromatic heterocycles. The van der Waals surface area contributed by atoms with Crippen molar-refractivity contribution in [2.75, 3.05) is 18.9 Å². The highest BCUT2D eigenvalue weighted by atomic mass is 16.5. The van der Waals surface area contributed by atoms with Crippen molar-refractivity contribution < 1.29 is 9.53 Å². The van der Waals surface area contributed by atoms with Crippen LogP contribution < -0.4 is 10.5 Å². The van der Waals surface area contributed by atoms with Gasteiger partial charge < -0.3 is 15.4 Å². The number of amides is 1. The third-order valence-corrected chi connectivity index (χ3v) is 3.92. The van der Waals surface area contributed by atoms with Crippen molar-refractivity contribution in [1.29, 1.82) is 0 Å². The number of benzene rings is 1. The van der Waals surface area contributed by atoms with E-state index >= 15 is 0 Å². The van der Waals surface area contributed by atoms with Gasteiger partial charge in [0.15, 0.2) is 6.61 Å². The summed E-state index contributed by atoms with van der Waals surface area (Å²) >= 11 is 0. The number of hydrogen-bond donors (Lipinski definition) is 1. The molecule has 1 saturated carbocycles. The molecule has 0 bridgehead atoms. The van der Waals surface area contributed by atoms with Crippen LogP contribution in [0.5, 0.6) is 5.75 Å². The van der Waals surface area contributed by atoms with Crippen molar-refractivity contribution in [3.8, 4) is 5.75 Å². The number of anilines is 1. The molecule has 1 aromatic rings. The number of ether oxygens (including phenoxy) is 1. The minimum Gasteiger partial charge on any atom is -0.484 e. The summed E-state index contributed by atoms with van der Waals surface area (Å²) in [5.74, 6) is 0.767. The molecule has 0 aliphatic heterocycles. The Morgan fingerprint density at radius 2 is 1.90 bits per heavy atom. The predicted molar refractivity (Wildman–Crippen MR) is 80.6 cm³/mol. The molecule has 1 aliphatic carbocycles. The van der Waals surface area contributed by atoms with Gasteiger partial charge in [-0.25, -0.2) is 0 Å². The lowest BCUT2D eigenvalue weighted by Gasteiger charge is -2.33. The van der Waals surface area contributed by atoms with Crippen LogP contribution in [0, 0.1) is 0 Å². The second-order valence-electron chi connectivity index (χ2n) is 5.33. The Balaban J connectivity index is 1.87. The molecule has 1 amide bonds. The molecular formula is C16H24N2O2. The summed E-state index contributed by atoms with van der Waals surface area (Å²) in [6.45, 7) is 2.90. The van der Waals surface area contributed by atoms with Crippen molar-refractivity contribution in [1.82, 2.24) is 4.90 Å². The molecule has 2 N–H and O–H groups in total. The second-order valence-corrected chi connectivity index (χ2v) is 5.33. The summed E-state index contributed by atoms with van der Waals surface area (Å²) in [6, 6.07) is 7.53. The Morgan fingerprint density at radius 1 is 1.25 bits per heavy atom. The molecule has 4 nitrogen and oxygen atoms in total. The molecule has 0 saturated heterocycles. The zero-order chi connectivity index (χ0) is 14.4. The molecule has 0 spiro atoms. The van der Waals surface area contributed by atoms with Crippen LogP contribution in [0.3, 0.4) is 0 Å². The van der Waals surface area contributed by atoms with E-state index in [1.54, 1.807) is 24.3 Å². The van der Waals surface area contributed by atoms with E-state index in [9.17, 15) is 4.79 Å². The summed E-state index contributed by atoms with van der Waals surface area (Å²) in [6.07, 6.45) is 6.01. The average molecular weight is 276 g/mol. The highest BCUT2D eigenvalue weighted by Crippen LogP contribution is 2.22. The standard InChI is InChI=1S/C16H24N2O2/c1-2-18(14-6-4-3-5-7-14)16(19)12-20-15-10-8-13(17)9-11-15/h8-11,14H,2-7,12,17H2,1H3. The number of nitrogen functional groups attached to an aromatic ring is 1. The minimum absolute atomic E-state index is 0.0798. The van der Waals surface area contributed by atoms with Crippen molar-refractivity contribution in [3.63, 3.8) is 0 Å². The smallest absolute Gasteiger partial charge is 0.260 e. The van der Waals surface area contributed by atoms with Crippen molar-refractivity contribution in [2.45, 2.75) is 45.1 Å². The molecule has 20 heavy (non-hydrogen) atoms. The fourth-order valence-corrected chi connectivity index (χ4v) is 2.82. The van der Waals surface area contributed by atoms with E-state index < -0.39 is 0 Å². The summed E-state index contributed by atoms with van der Waals surface area (Å²) < 4.78 is 5.55. The van der Waals surface area contributed by atoms with Crippen molar-refractivity contribution in [2.24, 2.45) is 0 Å². The third kappa shape index (κ3) is 3.89. The summed E-state index contributed by atoms with van der Waals surface area (Å²) in [4.78, 5) is 14.3. The monoisotopic (exact) mass is 276 g/mol. The Kier molecular flexibility index (Phi) is 5.27. The molecule has 1 fully saturated rings. The van der Waals surface area contributed by atoms with E-state index in [1.807, 2.05) is 11.8 Å². The van der Waals surface area contributed by atoms with Gasteiger partial charge in [-0.3, -0.25) is 4.79 Å². The summed E-state index contributed by atoms with van der Waals surface area (Å²) in [7, 11) is 0. The molecule has 4 heteroatoms. The van der Waals surface area contributed by atoms with E-state index in [0.29, 0.717) is 17.5 Å². The zero-order valence-corrected chi connectivity index (χ0v) is 12.2. The van der Waals surface area contributed by atoms with E-state index in [2.05, 4.69) is 0 Å². The van der Waals surface area contributed by atoms with Gasteiger partial charge in [0.2, 0.25) is 0 Å². The number of hydrogen-bond acceptors (Lipinski definition) is 3. The topological polar surface area (TPSA) is 55.6 Å². The largest absolute Gasteiger partial charge is 0.484 e. The number of likely N-dealkylation sites (N-methyl/N-ethyl adjacent to an activating group) is 1. The molecule has 1 aliphatic rings. The molecule has 0 unspecified atom stereocenters. The number of rotatable bonds is 5. The Labute approximate surface area is 120 Å². The first kappa shape index (κ1) is 14.7. The van der Waals surface area contributed by atoms with Crippen LogP contribution in [-0.2, 0) is 4.79 Å². The van der Waals surface area contributed by atoms with Gasteiger partial charge >= 0.3 is 0 Å². The molecule has 110 valence electrons. The Bertz CT molecular complexity index is 425. The van der Waals surface area contributed by atoms with Gasteiger partial charge in [-0.1, -0.05) is 19.3 Å². The first-order valence-corrected chi connectivity index (χ1v) is 7.48. The van der Waals surface area contributed by atoms with Crippen molar-refractivity contribution in [3.05, 3.63) is 24.3 Å². The zero-order valence-electron chi connectivity index (χ0n) is 12.2. The highest BCUT2D eigenvalue weighted by molar-refractivity contribution is 5.78. The van der Waals surface area contributed by atoms with Crippen LogP contribution in [0.2, 0.25) is 0 Å². The van der Waals surface area contributed by atoms with Gasteiger partial charge in [0, 0.05) is 18.3 Å². The van der Waals surface area contributed by atoms with Gasteiger partial charge in [0.1, 0.15) is 5.75 Å². The Hall–Kier alpha value is -1.71. The third-order valence-electron chi connectivity index (χ3n) is 3.92. The van der Waals surface area contributed by atoms with Crippen LogP contribution >= 0.6 is 0 Å². The van der Waals surface area contributed by atoms with Gasteiger partial charge in [-0.2, -0.15) is 0 Å². The van der Waals surface area contributed by atoms with E-state index in [-0.39, 0.29) is 12.5 Å². The predicted octanol–water partition coefficient (Wildman–Crippen LogP) is 2.83. The minimum atomic E-state index is 0.0798. The van der Waals surface area contributed by atoms with Gasteiger partial charge in [-0.05, 0) is 44.0 Å². The first-order chi connectivity index (χ1) is 9.70. The quantitative estimate of drug-likeness (QED) is 0.841. The summed E-state index contributed by atoms with van der Waals surface area (Å²) in [5.41, 5.74) is 6.31. The maximum absolute atomic E-state index is 12.3. The normalized spacial score (nSPS) is 15.8. The number of nitrogens with zero attached hydrogens (tertiary/aromatic N) is 1. The van der Waals surface area contributed by atoms with Crippen LogP contribution in [0.4, 0.5) is 5.69 Å². The van der Waals surface area contributed by atoms with Crippen LogP contribution in [0.25, 0.3) is 0 Å². The number of carbonyl (C=O) groups is 1. The SMILES string of the molecule is CCN(C(=O)COc1ccc(N)cc1)C1CCCCC1. The van der Waals surface area contributed by atoms with Crippen LogP contribution in [0.1, 0.15) is 39.0 Å². The molecule has 0 heterocycles. The van der Waals surface area contributed by atoms with Crippen molar-refractivity contribution >= 4 is 11.6 Å². The average Bonchev–Trinajstić information content (AvgIpc) is 2.48. The molecule has 0 radical (unpaired) electrons. The fraction of sp³-hybridized carbons (Fsp3) is 0.562. The lowest BCUT2D eigenvalue weighted by Crippen LogP contribution is -2.43. The lowest BCUT2D eigenvalue weighted by atomic mass is 9.94. The maximum Gasteiger partial charge on any atom is 0.260 e. The molecule has 2 rings (SSSR count). The van der Waals surface area contributed by atoms with E-state index in [0.717, 1.165) is 19.4 Å². The summed E-state index contributed by atoms with van der Waals surface area (Å²) in [5, 5.41) is 0. The molecule has 0 atom stereocenters. The van der Waals surface area contributed by atoms with Crippen LogP contribution in [-0.4, -0.2) is 30.0 Å². The fourth-order valence-electron chi connectivity index (χ4n) is 2.82. The van der Waals surface area contributed by atoms with Gasteiger partial charge in [0.05, 0.1) is 0 Å². The molecule has 1 aromatic carbocycles. The number of nitrogens with two attached hydrogens (primary N) is 1. The van der Waals surface area contributed by atoms with E-state index in [1.165, 1.54) is 19.3 Å². The van der Waals surface area contributed by atoms with E-state index in [4.69, 9.17) is 10.5 Å². The van der Waals surface area contributed by atoms with Crippen LogP contribution in [0.15, 0.2) is 24.3 Å².